The molecule has 3 aromatic rings. The second-order valence-electron chi connectivity index (χ2n) is 7.92. The van der Waals surface area contributed by atoms with Crippen molar-refractivity contribution in [2.24, 2.45) is 5.92 Å². The summed E-state index contributed by atoms with van der Waals surface area (Å²) in [7, 11) is 0. The van der Waals surface area contributed by atoms with E-state index in [9.17, 15) is 4.79 Å². The van der Waals surface area contributed by atoms with E-state index in [1.807, 2.05) is 49.4 Å². The first-order valence-corrected chi connectivity index (χ1v) is 10.2. The van der Waals surface area contributed by atoms with E-state index in [1.165, 1.54) is 5.56 Å². The maximum atomic E-state index is 12.6. The van der Waals surface area contributed by atoms with Crippen molar-refractivity contribution in [3.63, 3.8) is 0 Å². The second kappa shape index (κ2) is 9.88. The molecule has 0 aromatic heterocycles. The van der Waals surface area contributed by atoms with Crippen molar-refractivity contribution in [3.8, 4) is 0 Å². The van der Waals surface area contributed by atoms with E-state index in [-0.39, 0.29) is 11.8 Å². The minimum atomic E-state index is -0.194. The fourth-order valence-corrected chi connectivity index (χ4v) is 3.25. The molecule has 0 aliphatic rings. The Hall–Kier alpha value is -3.13. The largest absolute Gasteiger partial charge is 0.326 e. The third-order valence-electron chi connectivity index (χ3n) is 4.96. The van der Waals surface area contributed by atoms with Gasteiger partial charge in [-0.25, -0.2) is 0 Å². The highest BCUT2D eigenvalue weighted by molar-refractivity contribution is 5.95. The summed E-state index contributed by atoms with van der Waals surface area (Å²) >= 11 is 0. The molecule has 0 saturated carbocycles. The molecule has 0 radical (unpaired) electrons. The van der Waals surface area contributed by atoms with Crippen LogP contribution in [0, 0.1) is 5.92 Å². The Bertz CT molecular complexity index is 938. The van der Waals surface area contributed by atoms with Gasteiger partial charge in [-0.15, -0.1) is 0 Å². The second-order valence-corrected chi connectivity index (χ2v) is 7.92. The van der Waals surface area contributed by atoms with Crippen molar-refractivity contribution in [1.82, 2.24) is 0 Å². The van der Waals surface area contributed by atoms with Crippen LogP contribution in [0.2, 0.25) is 0 Å². The Morgan fingerprint density at radius 1 is 0.793 bits per heavy atom. The van der Waals surface area contributed by atoms with E-state index in [1.54, 1.807) is 0 Å². The molecule has 2 heteroatoms. The molecule has 148 valence electrons. The van der Waals surface area contributed by atoms with Crippen LogP contribution in [0.15, 0.2) is 78.9 Å². The Morgan fingerprint density at radius 2 is 1.38 bits per heavy atom. The summed E-state index contributed by atoms with van der Waals surface area (Å²) in [6, 6.07) is 26.5. The summed E-state index contributed by atoms with van der Waals surface area (Å²) < 4.78 is 0. The molecule has 0 fully saturated rings. The van der Waals surface area contributed by atoms with Gasteiger partial charge in [0, 0.05) is 5.69 Å². The number of benzene rings is 3. The van der Waals surface area contributed by atoms with Gasteiger partial charge in [-0.05, 0) is 53.6 Å². The molecule has 1 amide bonds. The normalized spacial score (nSPS) is 12.3. The molecule has 0 aliphatic heterocycles. The summed E-state index contributed by atoms with van der Waals surface area (Å²) in [6.07, 6.45) is 5.22. The van der Waals surface area contributed by atoms with Gasteiger partial charge in [0.15, 0.2) is 0 Å². The first-order chi connectivity index (χ1) is 14.0. The van der Waals surface area contributed by atoms with Crippen molar-refractivity contribution in [2.45, 2.75) is 33.1 Å². The van der Waals surface area contributed by atoms with Gasteiger partial charge in [-0.3, -0.25) is 4.79 Å². The SMILES string of the molecule is CC(C)Cc1ccc(C(C)C(=O)Nc2ccc(C=Cc3ccccc3)cc2)cc1. The van der Waals surface area contributed by atoms with Gasteiger partial charge in [-0.2, -0.15) is 0 Å². The molecule has 1 atom stereocenters. The lowest BCUT2D eigenvalue weighted by Gasteiger charge is -2.14. The van der Waals surface area contributed by atoms with Crippen LogP contribution in [0.25, 0.3) is 12.2 Å². The van der Waals surface area contributed by atoms with Crippen LogP contribution >= 0.6 is 0 Å². The molecular formula is C27H29NO. The molecule has 1 unspecified atom stereocenters. The van der Waals surface area contributed by atoms with E-state index < -0.39 is 0 Å². The lowest BCUT2D eigenvalue weighted by atomic mass is 9.96. The summed E-state index contributed by atoms with van der Waals surface area (Å²) in [4.78, 5) is 12.6. The quantitative estimate of drug-likeness (QED) is 0.447. The van der Waals surface area contributed by atoms with Crippen LogP contribution in [-0.4, -0.2) is 5.91 Å². The molecule has 0 heterocycles. The van der Waals surface area contributed by atoms with Gasteiger partial charge in [0.25, 0.3) is 0 Å². The van der Waals surface area contributed by atoms with Gasteiger partial charge >= 0.3 is 0 Å². The summed E-state index contributed by atoms with van der Waals surface area (Å²) in [5, 5.41) is 3.02. The standard InChI is InChI=1S/C27H29NO/c1-20(2)19-24-11-15-25(16-12-24)21(3)27(29)28-26-17-13-23(14-18-26)10-9-22-7-5-4-6-8-22/h4-18,20-21H,19H2,1-3H3,(H,28,29). The van der Waals surface area contributed by atoms with Crippen LogP contribution in [-0.2, 0) is 11.2 Å². The third-order valence-corrected chi connectivity index (χ3v) is 4.96. The van der Waals surface area contributed by atoms with Crippen molar-refractivity contribution in [1.29, 1.82) is 0 Å². The average molecular weight is 384 g/mol. The smallest absolute Gasteiger partial charge is 0.231 e. The topological polar surface area (TPSA) is 29.1 Å². The van der Waals surface area contributed by atoms with Gasteiger partial charge in [-0.1, -0.05) is 92.7 Å². The zero-order chi connectivity index (χ0) is 20.6. The third kappa shape index (κ3) is 6.18. The van der Waals surface area contributed by atoms with Gasteiger partial charge in [0.1, 0.15) is 0 Å². The fourth-order valence-electron chi connectivity index (χ4n) is 3.25. The Balaban J connectivity index is 1.59. The molecule has 3 rings (SSSR count). The lowest BCUT2D eigenvalue weighted by Crippen LogP contribution is -2.18. The van der Waals surface area contributed by atoms with E-state index >= 15 is 0 Å². The predicted molar refractivity (Wildman–Crippen MR) is 124 cm³/mol. The van der Waals surface area contributed by atoms with Gasteiger partial charge < -0.3 is 5.32 Å². The number of hydrogen-bond acceptors (Lipinski definition) is 1. The minimum Gasteiger partial charge on any atom is -0.326 e. The number of amides is 1. The molecule has 0 aliphatic carbocycles. The zero-order valence-corrected chi connectivity index (χ0v) is 17.4. The average Bonchev–Trinajstić information content (AvgIpc) is 2.73. The van der Waals surface area contributed by atoms with E-state index in [4.69, 9.17) is 0 Å². The first kappa shape index (κ1) is 20.6. The fraction of sp³-hybridized carbons (Fsp3) is 0.222. The van der Waals surface area contributed by atoms with Crippen molar-refractivity contribution >= 4 is 23.7 Å². The Morgan fingerprint density at radius 3 is 1.97 bits per heavy atom. The van der Waals surface area contributed by atoms with Crippen molar-refractivity contribution in [2.75, 3.05) is 5.32 Å². The molecule has 0 spiro atoms. The maximum Gasteiger partial charge on any atom is 0.231 e. The minimum absolute atomic E-state index is 0.00851. The molecule has 1 N–H and O–H groups in total. The van der Waals surface area contributed by atoms with Crippen molar-refractivity contribution in [3.05, 3.63) is 101 Å². The number of rotatable bonds is 7. The number of carbonyl (C=O) groups excluding carboxylic acids is 1. The molecule has 29 heavy (non-hydrogen) atoms. The maximum absolute atomic E-state index is 12.6. The number of anilines is 1. The van der Waals surface area contributed by atoms with Crippen LogP contribution in [0.1, 0.15) is 48.9 Å². The van der Waals surface area contributed by atoms with Crippen LogP contribution in [0.5, 0.6) is 0 Å². The number of hydrogen-bond donors (Lipinski definition) is 1. The highest BCUT2D eigenvalue weighted by Crippen LogP contribution is 2.20. The molecule has 2 nitrogen and oxygen atoms in total. The van der Waals surface area contributed by atoms with Crippen LogP contribution in [0.3, 0.4) is 0 Å². The number of carbonyl (C=O) groups is 1. The summed E-state index contributed by atoms with van der Waals surface area (Å²) in [5.41, 5.74) is 5.43. The lowest BCUT2D eigenvalue weighted by molar-refractivity contribution is -0.117. The molecule has 3 aromatic carbocycles. The molecule has 0 bridgehead atoms. The molecular weight excluding hydrogens is 354 g/mol. The van der Waals surface area contributed by atoms with Gasteiger partial charge in [0.05, 0.1) is 5.92 Å². The highest BCUT2D eigenvalue weighted by Gasteiger charge is 2.15. The first-order valence-electron chi connectivity index (χ1n) is 10.2. The Kier molecular flexibility index (Phi) is 7.02. The monoisotopic (exact) mass is 383 g/mol. The highest BCUT2D eigenvalue weighted by atomic mass is 16.1. The van der Waals surface area contributed by atoms with E-state index in [2.05, 4.69) is 67.7 Å². The summed E-state index contributed by atoms with van der Waals surface area (Å²) in [6.45, 7) is 6.38. The summed E-state index contributed by atoms with van der Waals surface area (Å²) in [5.74, 6) is 0.446. The van der Waals surface area contributed by atoms with E-state index in [0.717, 1.165) is 28.8 Å². The van der Waals surface area contributed by atoms with E-state index in [0.29, 0.717) is 5.92 Å². The number of nitrogens with one attached hydrogen (secondary N) is 1. The molecule has 0 saturated heterocycles. The van der Waals surface area contributed by atoms with Gasteiger partial charge in [0.2, 0.25) is 5.91 Å². The van der Waals surface area contributed by atoms with Crippen LogP contribution in [0.4, 0.5) is 5.69 Å². The van der Waals surface area contributed by atoms with Crippen LogP contribution < -0.4 is 5.32 Å². The van der Waals surface area contributed by atoms with Crippen molar-refractivity contribution < 1.29 is 4.79 Å². The zero-order valence-electron chi connectivity index (χ0n) is 17.4. The predicted octanol–water partition coefficient (Wildman–Crippen LogP) is 6.80. The Labute approximate surface area is 174 Å².